The van der Waals surface area contributed by atoms with Crippen LogP contribution in [0.15, 0.2) is 48.5 Å². The van der Waals surface area contributed by atoms with Gasteiger partial charge in [0, 0.05) is 16.7 Å². The number of carbonyl (C=O) groups excluding carboxylic acids is 2. The first-order valence-corrected chi connectivity index (χ1v) is 7.67. The summed E-state index contributed by atoms with van der Waals surface area (Å²) in [5.74, 6) is 0.279. The number of amides is 2. The third-order valence-corrected chi connectivity index (χ3v) is 3.44. The maximum absolute atomic E-state index is 12.3. The van der Waals surface area contributed by atoms with E-state index in [-0.39, 0.29) is 11.8 Å². The molecule has 0 unspecified atom stereocenters. The second kappa shape index (κ2) is 7.17. The lowest BCUT2D eigenvalue weighted by molar-refractivity contribution is -0.123. The molecule has 24 heavy (non-hydrogen) atoms. The number of rotatable bonds is 4. The molecule has 0 fully saturated rings. The van der Waals surface area contributed by atoms with E-state index in [0.717, 1.165) is 0 Å². The monoisotopic (exact) mass is 326 g/mol. The van der Waals surface area contributed by atoms with Crippen LogP contribution < -0.4 is 15.4 Å². The van der Waals surface area contributed by atoms with Crippen LogP contribution in [0.25, 0.3) is 0 Å². The molecular formula is C19H22N2O3. The van der Waals surface area contributed by atoms with Gasteiger partial charge in [-0.15, -0.1) is 0 Å². The average molecular weight is 326 g/mol. The summed E-state index contributed by atoms with van der Waals surface area (Å²) >= 11 is 0. The zero-order valence-electron chi connectivity index (χ0n) is 14.3. The lowest BCUT2D eigenvalue weighted by Gasteiger charge is -2.17. The fourth-order valence-corrected chi connectivity index (χ4v) is 1.97. The van der Waals surface area contributed by atoms with Crippen molar-refractivity contribution < 1.29 is 14.3 Å². The minimum Gasteiger partial charge on any atom is -0.495 e. The average Bonchev–Trinajstić information content (AvgIpc) is 2.55. The van der Waals surface area contributed by atoms with Crippen LogP contribution in [-0.4, -0.2) is 18.9 Å². The Morgan fingerprint density at radius 1 is 0.917 bits per heavy atom. The van der Waals surface area contributed by atoms with Gasteiger partial charge in [0.25, 0.3) is 5.91 Å². The summed E-state index contributed by atoms with van der Waals surface area (Å²) in [5, 5.41) is 5.64. The van der Waals surface area contributed by atoms with Crippen LogP contribution in [0.3, 0.4) is 0 Å². The second-order valence-corrected chi connectivity index (χ2v) is 6.44. The van der Waals surface area contributed by atoms with Crippen molar-refractivity contribution in [2.75, 3.05) is 17.7 Å². The fourth-order valence-electron chi connectivity index (χ4n) is 1.97. The second-order valence-electron chi connectivity index (χ2n) is 6.44. The third-order valence-electron chi connectivity index (χ3n) is 3.44. The van der Waals surface area contributed by atoms with E-state index >= 15 is 0 Å². The predicted octanol–water partition coefficient (Wildman–Crippen LogP) is 3.93. The maximum atomic E-state index is 12.3. The topological polar surface area (TPSA) is 67.4 Å². The molecule has 2 amide bonds. The summed E-state index contributed by atoms with van der Waals surface area (Å²) < 4.78 is 5.21. The number of methoxy groups -OCH3 is 1. The molecule has 0 saturated heterocycles. The molecule has 0 saturated carbocycles. The molecule has 0 heterocycles. The number of ether oxygens (including phenoxy) is 1. The van der Waals surface area contributed by atoms with Crippen molar-refractivity contribution in [3.8, 4) is 5.75 Å². The highest BCUT2D eigenvalue weighted by atomic mass is 16.5. The van der Waals surface area contributed by atoms with Crippen LogP contribution in [0.4, 0.5) is 11.4 Å². The van der Waals surface area contributed by atoms with Crippen LogP contribution in [0.5, 0.6) is 5.75 Å². The van der Waals surface area contributed by atoms with E-state index in [1.54, 1.807) is 43.5 Å². The Labute approximate surface area is 142 Å². The molecule has 0 radical (unpaired) electrons. The first-order valence-electron chi connectivity index (χ1n) is 7.67. The SMILES string of the molecule is COc1ccccc1NC(=O)c1ccc(NC(=O)C(C)(C)C)cc1. The number of hydrogen-bond acceptors (Lipinski definition) is 3. The Morgan fingerprint density at radius 2 is 1.54 bits per heavy atom. The quantitative estimate of drug-likeness (QED) is 0.894. The van der Waals surface area contributed by atoms with E-state index in [0.29, 0.717) is 22.7 Å². The van der Waals surface area contributed by atoms with Crippen LogP contribution in [0.2, 0.25) is 0 Å². The van der Waals surface area contributed by atoms with Gasteiger partial charge in [-0.1, -0.05) is 32.9 Å². The molecule has 0 aliphatic rings. The van der Waals surface area contributed by atoms with Gasteiger partial charge < -0.3 is 15.4 Å². The van der Waals surface area contributed by atoms with Gasteiger partial charge in [-0.25, -0.2) is 0 Å². The number of hydrogen-bond donors (Lipinski definition) is 2. The Kier molecular flexibility index (Phi) is 5.24. The smallest absolute Gasteiger partial charge is 0.255 e. The Balaban J connectivity index is 2.07. The Hall–Kier alpha value is -2.82. The lowest BCUT2D eigenvalue weighted by atomic mass is 9.95. The molecule has 2 N–H and O–H groups in total. The normalized spacial score (nSPS) is 10.8. The van der Waals surface area contributed by atoms with E-state index in [2.05, 4.69) is 10.6 Å². The molecule has 2 aromatic carbocycles. The molecule has 0 spiro atoms. The van der Waals surface area contributed by atoms with E-state index in [1.807, 2.05) is 32.9 Å². The Morgan fingerprint density at radius 3 is 2.12 bits per heavy atom. The predicted molar refractivity (Wildman–Crippen MR) is 95.5 cm³/mol. The van der Waals surface area contributed by atoms with Gasteiger partial charge in [-0.05, 0) is 36.4 Å². The first kappa shape index (κ1) is 17.5. The van der Waals surface area contributed by atoms with Gasteiger partial charge in [0.15, 0.2) is 0 Å². The number of nitrogens with one attached hydrogen (secondary N) is 2. The molecule has 2 aromatic rings. The molecule has 126 valence electrons. The minimum absolute atomic E-state index is 0.0753. The van der Waals surface area contributed by atoms with E-state index in [4.69, 9.17) is 4.74 Å². The molecule has 0 aliphatic heterocycles. The molecule has 0 aromatic heterocycles. The Bertz CT molecular complexity index is 731. The summed E-state index contributed by atoms with van der Waals surface area (Å²) in [6.07, 6.45) is 0. The minimum atomic E-state index is -0.472. The first-order chi connectivity index (χ1) is 11.3. The maximum Gasteiger partial charge on any atom is 0.255 e. The standard InChI is InChI=1S/C19H22N2O3/c1-19(2,3)18(23)20-14-11-9-13(10-12-14)17(22)21-15-7-5-6-8-16(15)24-4/h5-12H,1-4H3,(H,20,23)(H,21,22). The van der Waals surface area contributed by atoms with E-state index in [9.17, 15) is 9.59 Å². The van der Waals surface area contributed by atoms with E-state index in [1.165, 1.54) is 0 Å². The van der Waals surface area contributed by atoms with Crippen LogP contribution in [0.1, 0.15) is 31.1 Å². The summed E-state index contributed by atoms with van der Waals surface area (Å²) in [6, 6.07) is 14.0. The molecular weight excluding hydrogens is 304 g/mol. The molecule has 0 aliphatic carbocycles. The van der Waals surface area contributed by atoms with Crippen molar-refractivity contribution >= 4 is 23.2 Å². The van der Waals surface area contributed by atoms with E-state index < -0.39 is 5.41 Å². The zero-order chi connectivity index (χ0) is 17.7. The number of anilines is 2. The summed E-state index contributed by atoms with van der Waals surface area (Å²) in [7, 11) is 1.55. The summed E-state index contributed by atoms with van der Waals surface area (Å²) in [4.78, 5) is 24.3. The van der Waals surface area contributed by atoms with Crippen LogP contribution in [0, 0.1) is 5.41 Å². The van der Waals surface area contributed by atoms with Gasteiger partial charge in [0.2, 0.25) is 5.91 Å². The van der Waals surface area contributed by atoms with Crippen LogP contribution in [-0.2, 0) is 4.79 Å². The van der Waals surface area contributed by atoms with Crippen molar-refractivity contribution in [2.45, 2.75) is 20.8 Å². The fraction of sp³-hybridized carbons (Fsp3) is 0.263. The number of benzene rings is 2. The van der Waals surface area contributed by atoms with Crippen molar-refractivity contribution in [2.24, 2.45) is 5.41 Å². The van der Waals surface area contributed by atoms with Gasteiger partial charge in [0.1, 0.15) is 5.75 Å². The highest BCUT2D eigenvalue weighted by Crippen LogP contribution is 2.24. The van der Waals surface area contributed by atoms with Crippen molar-refractivity contribution in [1.82, 2.24) is 0 Å². The third kappa shape index (κ3) is 4.35. The van der Waals surface area contributed by atoms with Gasteiger partial charge >= 0.3 is 0 Å². The largest absolute Gasteiger partial charge is 0.495 e. The molecule has 5 heteroatoms. The summed E-state index contributed by atoms with van der Waals surface area (Å²) in [6.45, 7) is 5.53. The molecule has 2 rings (SSSR count). The van der Waals surface area contributed by atoms with Crippen molar-refractivity contribution in [1.29, 1.82) is 0 Å². The number of para-hydroxylation sites is 2. The molecule has 5 nitrogen and oxygen atoms in total. The highest BCUT2D eigenvalue weighted by Gasteiger charge is 2.21. The van der Waals surface area contributed by atoms with Gasteiger partial charge in [-0.2, -0.15) is 0 Å². The zero-order valence-corrected chi connectivity index (χ0v) is 14.3. The lowest BCUT2D eigenvalue weighted by Crippen LogP contribution is -2.27. The van der Waals surface area contributed by atoms with Crippen molar-refractivity contribution in [3.05, 3.63) is 54.1 Å². The van der Waals surface area contributed by atoms with Crippen molar-refractivity contribution in [3.63, 3.8) is 0 Å². The number of carbonyl (C=O) groups is 2. The van der Waals surface area contributed by atoms with Crippen LogP contribution >= 0.6 is 0 Å². The van der Waals surface area contributed by atoms with Gasteiger partial charge in [-0.3, -0.25) is 9.59 Å². The van der Waals surface area contributed by atoms with Gasteiger partial charge in [0.05, 0.1) is 12.8 Å². The molecule has 0 bridgehead atoms. The summed E-state index contributed by atoms with van der Waals surface area (Å²) in [5.41, 5.74) is 1.29. The highest BCUT2D eigenvalue weighted by molar-refractivity contribution is 6.05. The molecule has 0 atom stereocenters.